The quantitative estimate of drug-likeness (QED) is 0.750. The molecule has 0 radical (unpaired) electrons. The predicted molar refractivity (Wildman–Crippen MR) is 118 cm³/mol. The summed E-state index contributed by atoms with van der Waals surface area (Å²) in [4.78, 5) is 27.9. The number of benzene rings is 1. The van der Waals surface area contributed by atoms with Crippen LogP contribution in [-0.2, 0) is 9.59 Å². The fraction of sp³-hybridized carbons (Fsp3) is 0.625. The van der Waals surface area contributed by atoms with Gasteiger partial charge in [0.05, 0.1) is 18.5 Å². The van der Waals surface area contributed by atoms with Crippen molar-refractivity contribution in [3.63, 3.8) is 0 Å². The van der Waals surface area contributed by atoms with Gasteiger partial charge in [0, 0.05) is 17.8 Å². The number of hydrogen-bond acceptors (Lipinski definition) is 4. The molecule has 1 fully saturated rings. The van der Waals surface area contributed by atoms with Gasteiger partial charge in [-0.05, 0) is 51.2 Å². The van der Waals surface area contributed by atoms with Crippen LogP contribution in [0.15, 0.2) is 24.3 Å². The molecule has 162 valence electrons. The molecule has 6 heteroatoms. The Labute approximate surface area is 180 Å². The van der Waals surface area contributed by atoms with Gasteiger partial charge >= 0.3 is 0 Å². The van der Waals surface area contributed by atoms with Gasteiger partial charge in [-0.1, -0.05) is 44.4 Å². The van der Waals surface area contributed by atoms with Crippen LogP contribution in [0, 0.1) is 11.3 Å². The number of para-hydroxylation sites is 1. The molecule has 2 amide bonds. The number of nitriles is 1. The van der Waals surface area contributed by atoms with Crippen LogP contribution in [0.3, 0.4) is 0 Å². The molecule has 0 unspecified atom stereocenters. The van der Waals surface area contributed by atoms with E-state index in [2.05, 4.69) is 35.5 Å². The normalized spacial score (nSPS) is 23.6. The highest BCUT2D eigenvalue weighted by Gasteiger charge is 2.37. The monoisotopic (exact) mass is 410 g/mol. The minimum atomic E-state index is -0.730. The first-order valence-corrected chi connectivity index (χ1v) is 11.3. The van der Waals surface area contributed by atoms with E-state index >= 15 is 0 Å². The third-order valence-electron chi connectivity index (χ3n) is 6.66. The Bertz CT molecular complexity index is 810. The lowest BCUT2D eigenvalue weighted by atomic mass is 9.82. The van der Waals surface area contributed by atoms with Crippen LogP contribution in [-0.4, -0.2) is 36.0 Å². The summed E-state index contributed by atoms with van der Waals surface area (Å²) in [6.45, 7) is 6.33. The van der Waals surface area contributed by atoms with Crippen LogP contribution >= 0.6 is 0 Å². The number of nitrogens with zero attached hydrogens (tertiary/aromatic N) is 2. The SMILES string of the molecule is CC[C@H](C)NC(=O)[C@H]1C[C@H](C)N(CC(=O)NC2(C#N)CCCCC2)c2ccccc21. The smallest absolute Gasteiger partial charge is 0.240 e. The van der Waals surface area contributed by atoms with Crippen molar-refractivity contribution in [1.82, 2.24) is 10.6 Å². The zero-order valence-corrected chi connectivity index (χ0v) is 18.4. The summed E-state index contributed by atoms with van der Waals surface area (Å²) in [7, 11) is 0. The molecule has 1 aromatic carbocycles. The zero-order valence-electron chi connectivity index (χ0n) is 18.4. The van der Waals surface area contributed by atoms with E-state index < -0.39 is 5.54 Å². The molecule has 3 rings (SSSR count). The number of hydrogen-bond donors (Lipinski definition) is 2. The Morgan fingerprint density at radius 2 is 1.97 bits per heavy atom. The molecule has 1 heterocycles. The second-order valence-corrected chi connectivity index (χ2v) is 8.94. The highest BCUT2D eigenvalue weighted by atomic mass is 16.2. The van der Waals surface area contributed by atoms with Gasteiger partial charge in [-0.2, -0.15) is 5.26 Å². The average molecular weight is 411 g/mol. The summed E-state index contributed by atoms with van der Waals surface area (Å²) in [5.41, 5.74) is 1.18. The molecule has 2 N–H and O–H groups in total. The fourth-order valence-corrected chi connectivity index (χ4v) is 4.69. The summed E-state index contributed by atoms with van der Waals surface area (Å²) in [5.74, 6) is -0.283. The van der Waals surface area contributed by atoms with Gasteiger partial charge < -0.3 is 15.5 Å². The number of nitrogens with one attached hydrogen (secondary N) is 2. The summed E-state index contributed by atoms with van der Waals surface area (Å²) < 4.78 is 0. The first kappa shape index (κ1) is 22.1. The van der Waals surface area contributed by atoms with Gasteiger partial charge in [-0.25, -0.2) is 0 Å². The molecule has 1 aromatic rings. The molecule has 0 saturated heterocycles. The van der Waals surface area contributed by atoms with Crippen LogP contribution in [0.2, 0.25) is 0 Å². The third kappa shape index (κ3) is 4.77. The number of amides is 2. The first-order chi connectivity index (χ1) is 14.4. The lowest BCUT2D eigenvalue weighted by molar-refractivity contribution is -0.123. The Balaban J connectivity index is 1.77. The molecule has 30 heavy (non-hydrogen) atoms. The van der Waals surface area contributed by atoms with Gasteiger partial charge in [0.2, 0.25) is 11.8 Å². The van der Waals surface area contributed by atoms with E-state index in [-0.39, 0.29) is 36.4 Å². The molecule has 1 aliphatic carbocycles. The first-order valence-electron chi connectivity index (χ1n) is 11.3. The molecule has 0 spiro atoms. The molecule has 1 aliphatic heterocycles. The number of fused-ring (bicyclic) bond motifs is 1. The van der Waals surface area contributed by atoms with E-state index in [9.17, 15) is 14.9 Å². The van der Waals surface area contributed by atoms with Gasteiger partial charge in [0.25, 0.3) is 0 Å². The summed E-state index contributed by atoms with van der Waals surface area (Å²) >= 11 is 0. The lowest BCUT2D eigenvalue weighted by Crippen LogP contribution is -2.54. The van der Waals surface area contributed by atoms with Gasteiger partial charge in [-0.15, -0.1) is 0 Å². The van der Waals surface area contributed by atoms with Crippen molar-refractivity contribution in [3.8, 4) is 6.07 Å². The van der Waals surface area contributed by atoms with Crippen LogP contribution in [0.25, 0.3) is 0 Å². The van der Waals surface area contributed by atoms with Crippen molar-refractivity contribution in [1.29, 1.82) is 5.26 Å². The fourth-order valence-electron chi connectivity index (χ4n) is 4.69. The third-order valence-corrected chi connectivity index (χ3v) is 6.66. The molecule has 6 nitrogen and oxygen atoms in total. The number of carbonyl (C=O) groups is 2. The second kappa shape index (κ2) is 9.51. The maximum atomic E-state index is 12.9. The molecule has 0 aromatic heterocycles. The van der Waals surface area contributed by atoms with Crippen LogP contribution in [0.1, 0.15) is 77.2 Å². The van der Waals surface area contributed by atoms with Gasteiger partial charge in [-0.3, -0.25) is 9.59 Å². The van der Waals surface area contributed by atoms with E-state index in [4.69, 9.17) is 0 Å². The maximum absolute atomic E-state index is 12.9. The predicted octanol–water partition coefficient (Wildman–Crippen LogP) is 3.63. The summed E-state index contributed by atoms with van der Waals surface area (Å²) in [6, 6.07) is 10.4. The molecule has 3 atom stereocenters. The summed E-state index contributed by atoms with van der Waals surface area (Å²) in [6.07, 6.45) is 6.07. The standard InChI is InChI=1S/C24H34N4O2/c1-4-17(2)26-23(30)20-14-18(3)28(21-11-7-6-10-19(20)21)15-22(29)27-24(16-25)12-8-5-9-13-24/h6-7,10-11,17-18,20H,4-5,8-9,12-15H2,1-3H3,(H,26,30)(H,27,29)/t17-,18-,20-/m0/s1. The topological polar surface area (TPSA) is 85.2 Å². The Hall–Kier alpha value is -2.55. The van der Waals surface area contributed by atoms with Crippen molar-refractivity contribution in [2.24, 2.45) is 0 Å². The van der Waals surface area contributed by atoms with Crippen molar-refractivity contribution in [3.05, 3.63) is 29.8 Å². The van der Waals surface area contributed by atoms with E-state index in [0.29, 0.717) is 6.42 Å². The Kier molecular flexibility index (Phi) is 7.02. The van der Waals surface area contributed by atoms with Crippen molar-refractivity contribution >= 4 is 17.5 Å². The minimum Gasteiger partial charge on any atom is -0.359 e. The van der Waals surface area contributed by atoms with Crippen molar-refractivity contribution in [2.75, 3.05) is 11.4 Å². The van der Waals surface area contributed by atoms with Crippen molar-refractivity contribution in [2.45, 2.75) is 89.3 Å². The Morgan fingerprint density at radius 3 is 2.63 bits per heavy atom. The largest absolute Gasteiger partial charge is 0.359 e. The number of rotatable bonds is 6. The van der Waals surface area contributed by atoms with Crippen LogP contribution < -0.4 is 15.5 Å². The zero-order chi connectivity index (χ0) is 21.7. The molecule has 2 aliphatic rings. The Morgan fingerprint density at radius 1 is 1.27 bits per heavy atom. The van der Waals surface area contributed by atoms with E-state index in [1.165, 1.54) is 0 Å². The molecule has 1 saturated carbocycles. The highest BCUT2D eigenvalue weighted by Crippen LogP contribution is 2.38. The van der Waals surface area contributed by atoms with E-state index in [1.807, 2.05) is 31.2 Å². The number of anilines is 1. The summed E-state index contributed by atoms with van der Waals surface area (Å²) in [5, 5.41) is 15.8. The van der Waals surface area contributed by atoms with E-state index in [1.54, 1.807) is 0 Å². The van der Waals surface area contributed by atoms with Crippen molar-refractivity contribution < 1.29 is 9.59 Å². The maximum Gasteiger partial charge on any atom is 0.240 e. The molecular formula is C24H34N4O2. The molecule has 0 bridgehead atoms. The van der Waals surface area contributed by atoms with E-state index in [0.717, 1.165) is 49.8 Å². The minimum absolute atomic E-state index is 0.0442. The van der Waals surface area contributed by atoms with Crippen LogP contribution in [0.4, 0.5) is 5.69 Å². The number of carbonyl (C=O) groups excluding carboxylic acids is 2. The molecular weight excluding hydrogens is 376 g/mol. The van der Waals surface area contributed by atoms with Crippen LogP contribution in [0.5, 0.6) is 0 Å². The lowest BCUT2D eigenvalue weighted by Gasteiger charge is -2.41. The average Bonchev–Trinajstić information content (AvgIpc) is 2.75. The van der Waals surface area contributed by atoms with Gasteiger partial charge in [0.1, 0.15) is 5.54 Å². The second-order valence-electron chi connectivity index (χ2n) is 8.94. The highest BCUT2D eigenvalue weighted by molar-refractivity contribution is 5.88. The van der Waals surface area contributed by atoms with Gasteiger partial charge in [0.15, 0.2) is 0 Å².